The van der Waals surface area contributed by atoms with Crippen molar-refractivity contribution in [2.24, 2.45) is 10.8 Å². The summed E-state index contributed by atoms with van der Waals surface area (Å²) >= 11 is 6.39. The maximum absolute atomic E-state index is 14.5. The van der Waals surface area contributed by atoms with Crippen LogP contribution in [0.25, 0.3) is 0 Å². The molecule has 0 aromatic heterocycles. The van der Waals surface area contributed by atoms with Gasteiger partial charge in [-0.15, -0.1) is 17.6 Å². The van der Waals surface area contributed by atoms with Gasteiger partial charge in [0.2, 0.25) is 6.79 Å². The monoisotopic (exact) mass is 1070 g/mol. The lowest BCUT2D eigenvalue weighted by molar-refractivity contribution is -0.890. The van der Waals surface area contributed by atoms with Crippen LogP contribution in [0, 0.1) is 10.8 Å². The number of quaternary nitrogens is 2. The molecule has 0 N–H and O–H groups in total. The normalized spacial score (nSPS) is 14.2. The molecule has 0 rings (SSSR count). The van der Waals surface area contributed by atoms with Crippen LogP contribution in [0.2, 0.25) is 0 Å². The Morgan fingerprint density at radius 2 is 0.857 bits per heavy atom. The van der Waals surface area contributed by atoms with E-state index in [2.05, 4.69) is 50.8 Å². The molecule has 0 spiro atoms. The topological polar surface area (TPSA) is 141 Å². The third-order valence-corrected chi connectivity index (χ3v) is 9.70. The molecule has 0 saturated heterocycles. The molecule has 0 heterocycles. The van der Waals surface area contributed by atoms with Gasteiger partial charge in [-0.25, -0.2) is 9.53 Å². The Kier molecular flexibility index (Phi) is 33.0. The van der Waals surface area contributed by atoms with Gasteiger partial charge >= 0.3 is 48.5 Å². The molecule has 23 heteroatoms. The number of rotatable bonds is 26. The molecule has 0 radical (unpaired) electrons. The minimum atomic E-state index is -5.97. The highest BCUT2D eigenvalue weighted by molar-refractivity contribution is 9.10. The van der Waals surface area contributed by atoms with Crippen molar-refractivity contribution in [3.8, 4) is 0 Å². The van der Waals surface area contributed by atoms with Gasteiger partial charge in [-0.2, -0.15) is 17.6 Å². The fourth-order valence-corrected chi connectivity index (χ4v) is 7.12. The molecular weight excluding hydrogens is 996 g/mol. The third-order valence-electron chi connectivity index (χ3n) is 8.50. The van der Waals surface area contributed by atoms with Gasteiger partial charge in [0, 0.05) is 0 Å². The Bertz CT molecular complexity index is 1400. The maximum Gasteiger partial charge on any atom is 0.493 e. The third kappa shape index (κ3) is 28.4. The van der Waals surface area contributed by atoms with Crippen LogP contribution in [-0.2, 0) is 47.6 Å². The highest BCUT2D eigenvalue weighted by Crippen LogP contribution is 2.42. The fourth-order valence-electron chi connectivity index (χ4n) is 5.49. The van der Waals surface area contributed by atoms with Gasteiger partial charge in [0.1, 0.15) is 35.0 Å². The number of esters is 4. The van der Waals surface area contributed by atoms with Crippen molar-refractivity contribution in [2.75, 3.05) is 81.0 Å². The Hall–Kier alpha value is -2.21. The van der Waals surface area contributed by atoms with E-state index in [9.17, 15) is 54.3 Å². The zero-order valence-corrected chi connectivity index (χ0v) is 38.8. The lowest BCUT2D eigenvalue weighted by atomic mass is 9.83. The number of hydrogen-bond acceptors (Lipinski definition) is 11. The van der Waals surface area contributed by atoms with Gasteiger partial charge in [-0.05, 0) is 67.2 Å². The van der Waals surface area contributed by atoms with E-state index in [-0.39, 0.29) is 55.8 Å². The molecule has 0 aliphatic rings. The summed E-state index contributed by atoms with van der Waals surface area (Å²) in [5.41, 5.74) is -3.29. The van der Waals surface area contributed by atoms with Crippen molar-refractivity contribution in [1.82, 2.24) is 0 Å². The highest BCUT2D eigenvalue weighted by Gasteiger charge is 2.64. The number of carbonyl (C=O) groups excluding carboxylic acids is 5. The first kappa shape index (κ1) is 72.4. The number of alkyl halides is 8. The first-order valence-electron chi connectivity index (χ1n) is 18.3. The summed E-state index contributed by atoms with van der Waals surface area (Å²) in [6, 6.07) is 0. The second-order valence-corrected chi connectivity index (χ2v) is 20.3. The smallest absolute Gasteiger partial charge is 0.459 e. The number of halogens is 10. The van der Waals surface area contributed by atoms with Gasteiger partial charge in [0.05, 0.1) is 52.1 Å². The SMILES string of the molecule is C.C.C.C.CCC[N+](C)(C)CCOC(=O)C(C)(Br)CC(C)(C)C(=O)OCOC(F)(F)OC(F)(F)C(F)(F)COC(=O)C(C)(C)CC(C)(Br)C(=O)OCC[N+](C)(C)CCC.O=C(F)F. The van der Waals surface area contributed by atoms with E-state index in [1.807, 2.05) is 42.0 Å². The maximum atomic E-state index is 14.5. The van der Waals surface area contributed by atoms with Crippen LogP contribution in [0.5, 0.6) is 0 Å². The molecule has 380 valence electrons. The largest absolute Gasteiger partial charge is 0.493 e. The predicted octanol–water partition coefficient (Wildman–Crippen LogP) is 10.6. The number of carbonyl (C=O) groups is 5. The number of hydrogen-bond donors (Lipinski definition) is 0. The van der Waals surface area contributed by atoms with Gasteiger partial charge in [0.25, 0.3) is 0 Å². The minimum Gasteiger partial charge on any atom is -0.459 e. The van der Waals surface area contributed by atoms with Crippen molar-refractivity contribution in [1.29, 1.82) is 0 Å². The van der Waals surface area contributed by atoms with E-state index in [0.717, 1.165) is 25.9 Å². The summed E-state index contributed by atoms with van der Waals surface area (Å²) in [6.07, 6.45) is -13.1. The summed E-state index contributed by atoms with van der Waals surface area (Å²) in [5, 5.41) is 0. The molecule has 0 bridgehead atoms. The molecule has 63 heavy (non-hydrogen) atoms. The lowest BCUT2D eigenvalue weighted by Crippen LogP contribution is -2.51. The van der Waals surface area contributed by atoms with Crippen LogP contribution in [-0.4, -0.2) is 147 Å². The van der Waals surface area contributed by atoms with E-state index in [1.54, 1.807) is 0 Å². The van der Waals surface area contributed by atoms with Crippen LogP contribution in [0.3, 0.4) is 0 Å². The molecule has 13 nitrogen and oxygen atoms in total. The quantitative estimate of drug-likeness (QED) is 0.0155. The summed E-state index contributed by atoms with van der Waals surface area (Å²) in [6.45, 7) is 10.5. The van der Waals surface area contributed by atoms with Gasteiger partial charge in [-0.1, -0.05) is 75.4 Å². The average molecular weight is 1070 g/mol. The lowest BCUT2D eigenvalue weighted by Gasteiger charge is -2.33. The summed E-state index contributed by atoms with van der Waals surface area (Å²) < 4.78 is 130. The van der Waals surface area contributed by atoms with Crippen molar-refractivity contribution >= 4 is 62.0 Å². The molecule has 2 unspecified atom stereocenters. The molecule has 0 aromatic rings. The van der Waals surface area contributed by atoms with E-state index >= 15 is 0 Å². The van der Waals surface area contributed by atoms with Crippen LogP contribution < -0.4 is 0 Å². The first-order chi connectivity index (χ1) is 26.2. The number of ether oxygens (including phenoxy) is 6. The predicted molar refractivity (Wildman–Crippen MR) is 231 cm³/mol. The van der Waals surface area contributed by atoms with Crippen LogP contribution >= 0.6 is 31.9 Å². The molecule has 0 aliphatic carbocycles. The standard InChI is InChI=1S/C35H60Br2F6N2O10.CF2O.4CH4/c1-13-15-44(9,10)17-19-50-27(48)31(7,36)21-29(3,4)25(46)52-23-33(38,39)34(40,41)55-35(42,43)54-24-53-26(47)30(5,6)22-32(8,37)28(49)51-20-18-45(11,12)16-14-2;2-1(3)4;;;;/h13-24H2,1-12H3;;4*1H4/q+2;;;;;. The number of nitrogens with zero attached hydrogens (tertiary/aromatic N) is 2. The highest BCUT2D eigenvalue weighted by atomic mass is 79.9. The van der Waals surface area contributed by atoms with Crippen molar-refractivity contribution in [3.05, 3.63) is 0 Å². The van der Waals surface area contributed by atoms with E-state index in [0.29, 0.717) is 22.1 Å². The zero-order valence-electron chi connectivity index (χ0n) is 35.7. The van der Waals surface area contributed by atoms with E-state index in [1.165, 1.54) is 41.5 Å². The Morgan fingerprint density at radius 1 is 0.540 bits per heavy atom. The van der Waals surface area contributed by atoms with E-state index < -0.39 is 81.4 Å². The number of likely N-dealkylation sites (N-methyl/N-ethyl adjacent to an activating group) is 2. The zero-order chi connectivity index (χ0) is 47.1. The van der Waals surface area contributed by atoms with Gasteiger partial charge in [0.15, 0.2) is 6.61 Å². The van der Waals surface area contributed by atoms with Crippen molar-refractivity contribution in [3.63, 3.8) is 0 Å². The summed E-state index contributed by atoms with van der Waals surface area (Å²) in [5.74, 6) is -9.66. The molecule has 0 fully saturated rings. The van der Waals surface area contributed by atoms with Crippen molar-refractivity contribution in [2.45, 2.75) is 138 Å². The second kappa shape index (κ2) is 28.7. The van der Waals surface area contributed by atoms with Crippen LogP contribution in [0.4, 0.5) is 39.9 Å². The molecule has 0 amide bonds. The summed E-state index contributed by atoms with van der Waals surface area (Å²) in [4.78, 5) is 58.9. The molecule has 0 aromatic carbocycles. The van der Waals surface area contributed by atoms with Crippen LogP contribution in [0.1, 0.15) is 111 Å². The Balaban J connectivity index is -0.000000969. The minimum absolute atomic E-state index is 0. The second-order valence-electron chi connectivity index (χ2n) is 16.8. The summed E-state index contributed by atoms with van der Waals surface area (Å²) in [7, 11) is 7.82. The average Bonchev–Trinajstić information content (AvgIpc) is 3.01. The Morgan fingerprint density at radius 3 is 1.17 bits per heavy atom. The van der Waals surface area contributed by atoms with E-state index in [4.69, 9.17) is 14.3 Å². The van der Waals surface area contributed by atoms with Gasteiger partial charge < -0.3 is 27.9 Å². The molecule has 0 saturated carbocycles. The fraction of sp³-hybridized carbons (Fsp3) is 0.875. The first-order valence-corrected chi connectivity index (χ1v) is 19.9. The Labute approximate surface area is 386 Å². The van der Waals surface area contributed by atoms with Crippen LogP contribution in [0.15, 0.2) is 0 Å². The molecular formula is C40H76Br2F8N2O11+2. The molecule has 0 aliphatic heterocycles. The van der Waals surface area contributed by atoms with Gasteiger partial charge in [-0.3, -0.25) is 23.9 Å². The van der Waals surface area contributed by atoms with Crippen molar-refractivity contribution < 1.29 is 96.5 Å². The molecule has 2 atom stereocenters.